The number of carbonyl (C=O) groups is 1. The highest BCUT2D eigenvalue weighted by molar-refractivity contribution is 5.91. The minimum absolute atomic E-state index is 0.126. The zero-order chi connectivity index (χ0) is 20.8. The Morgan fingerprint density at radius 3 is 2.31 bits per heavy atom. The van der Waals surface area contributed by atoms with Gasteiger partial charge >= 0.3 is 6.18 Å². The Hall–Kier alpha value is -3.29. The van der Waals surface area contributed by atoms with Crippen LogP contribution in [0.4, 0.5) is 17.6 Å². The summed E-state index contributed by atoms with van der Waals surface area (Å²) in [5, 5.41) is 0.791. The Balaban J connectivity index is 1.71. The number of hydrogen-bond acceptors (Lipinski definition) is 3. The van der Waals surface area contributed by atoms with E-state index in [0.717, 1.165) is 17.5 Å². The normalized spacial score (nSPS) is 14.7. The Morgan fingerprint density at radius 2 is 1.69 bits per heavy atom. The summed E-state index contributed by atoms with van der Waals surface area (Å²) in [6.45, 7) is 3.59. The van der Waals surface area contributed by atoms with Gasteiger partial charge in [0.2, 0.25) is 0 Å². The molecule has 1 aromatic heterocycles. The molecule has 0 saturated carbocycles. The fraction of sp³-hybridized carbons (Fsp3) is 0.190. The SMILES string of the molecule is C=C(F)C(=O)N1CC(c2nc(-c3ccc(C(F)(F)F)cc3)nc3ccccc23)C1. The van der Waals surface area contributed by atoms with Gasteiger partial charge in [-0.25, -0.2) is 14.4 Å². The van der Waals surface area contributed by atoms with Gasteiger partial charge in [-0.05, 0) is 18.2 Å². The lowest BCUT2D eigenvalue weighted by molar-refractivity contribution is -0.137. The van der Waals surface area contributed by atoms with Gasteiger partial charge in [0.05, 0.1) is 16.8 Å². The van der Waals surface area contributed by atoms with Crippen LogP contribution in [0.15, 0.2) is 60.9 Å². The van der Waals surface area contributed by atoms with Crippen molar-refractivity contribution in [3.63, 3.8) is 0 Å². The average Bonchev–Trinajstić information content (AvgIpc) is 2.66. The largest absolute Gasteiger partial charge is 0.416 e. The van der Waals surface area contributed by atoms with Gasteiger partial charge < -0.3 is 4.90 Å². The average molecular weight is 401 g/mol. The number of rotatable bonds is 3. The summed E-state index contributed by atoms with van der Waals surface area (Å²) in [5.74, 6) is -1.59. The van der Waals surface area contributed by atoms with Gasteiger partial charge in [0, 0.05) is 30.0 Å². The van der Waals surface area contributed by atoms with Crippen LogP contribution >= 0.6 is 0 Å². The number of fused-ring (bicyclic) bond motifs is 1. The van der Waals surface area contributed by atoms with Crippen LogP contribution in [0, 0.1) is 0 Å². The van der Waals surface area contributed by atoms with E-state index in [1.54, 1.807) is 12.1 Å². The van der Waals surface area contributed by atoms with E-state index in [-0.39, 0.29) is 19.0 Å². The summed E-state index contributed by atoms with van der Waals surface area (Å²) in [5.41, 5.74) is 1.03. The molecule has 1 amide bonds. The van der Waals surface area contributed by atoms with E-state index in [1.807, 2.05) is 12.1 Å². The molecular formula is C21H15F4N3O. The second-order valence-electron chi connectivity index (χ2n) is 6.84. The monoisotopic (exact) mass is 401 g/mol. The smallest absolute Gasteiger partial charge is 0.335 e. The van der Waals surface area contributed by atoms with Gasteiger partial charge in [-0.15, -0.1) is 0 Å². The first-order chi connectivity index (χ1) is 13.7. The Kier molecular flexibility index (Phi) is 4.56. The molecule has 4 rings (SSSR count). The number of alkyl halides is 3. The lowest BCUT2D eigenvalue weighted by Crippen LogP contribution is -2.48. The van der Waals surface area contributed by atoms with Crippen LogP contribution in [0.2, 0.25) is 0 Å². The van der Waals surface area contributed by atoms with Gasteiger partial charge in [-0.1, -0.05) is 36.9 Å². The van der Waals surface area contributed by atoms with Gasteiger partial charge in [0.15, 0.2) is 11.7 Å². The first-order valence-corrected chi connectivity index (χ1v) is 8.82. The molecule has 0 spiro atoms. The van der Waals surface area contributed by atoms with Crippen molar-refractivity contribution >= 4 is 16.8 Å². The predicted molar refractivity (Wildman–Crippen MR) is 99.5 cm³/mol. The molecule has 1 saturated heterocycles. The van der Waals surface area contributed by atoms with Crippen molar-refractivity contribution < 1.29 is 22.4 Å². The first-order valence-electron chi connectivity index (χ1n) is 8.82. The molecule has 0 radical (unpaired) electrons. The molecule has 0 N–H and O–H groups in total. The van der Waals surface area contributed by atoms with E-state index in [2.05, 4.69) is 16.5 Å². The number of hydrogen-bond donors (Lipinski definition) is 0. The Labute approximate surface area is 163 Å². The Morgan fingerprint density at radius 1 is 1.03 bits per heavy atom. The van der Waals surface area contributed by atoms with E-state index >= 15 is 0 Å². The molecule has 0 unspecified atom stereocenters. The molecule has 8 heteroatoms. The number of aromatic nitrogens is 2. The topological polar surface area (TPSA) is 46.1 Å². The van der Waals surface area contributed by atoms with Crippen molar-refractivity contribution in [2.24, 2.45) is 0 Å². The fourth-order valence-electron chi connectivity index (χ4n) is 3.34. The third-order valence-corrected chi connectivity index (χ3v) is 4.89. The van der Waals surface area contributed by atoms with Gasteiger partial charge in [0.25, 0.3) is 5.91 Å². The molecule has 4 nitrogen and oxygen atoms in total. The molecule has 1 aliphatic heterocycles. The summed E-state index contributed by atoms with van der Waals surface area (Å²) in [6.07, 6.45) is -4.42. The maximum Gasteiger partial charge on any atom is 0.416 e. The summed E-state index contributed by atoms with van der Waals surface area (Å²) in [4.78, 5) is 22.1. The number of carbonyl (C=O) groups excluding carboxylic acids is 1. The van der Waals surface area contributed by atoms with E-state index < -0.39 is 23.5 Å². The standard InChI is InChI=1S/C21H15F4N3O/c1-12(22)20(29)28-10-14(11-28)18-16-4-2-3-5-17(16)26-19(27-18)13-6-8-15(9-7-13)21(23,24)25/h2-9,14H,1,10-11H2. The van der Waals surface area contributed by atoms with Crippen molar-refractivity contribution in [1.82, 2.24) is 14.9 Å². The van der Waals surface area contributed by atoms with Crippen LogP contribution in [0.1, 0.15) is 17.2 Å². The number of likely N-dealkylation sites (tertiary alicyclic amines) is 1. The summed E-state index contributed by atoms with van der Waals surface area (Å²) in [7, 11) is 0. The fourth-order valence-corrected chi connectivity index (χ4v) is 3.34. The molecule has 3 aromatic rings. The number of para-hydroxylation sites is 1. The van der Waals surface area contributed by atoms with Crippen LogP contribution in [0.3, 0.4) is 0 Å². The quantitative estimate of drug-likeness (QED) is 0.471. The molecule has 0 atom stereocenters. The summed E-state index contributed by atoms with van der Waals surface area (Å²) < 4.78 is 51.5. The van der Waals surface area contributed by atoms with Crippen molar-refractivity contribution in [2.75, 3.05) is 13.1 Å². The highest BCUT2D eigenvalue weighted by Gasteiger charge is 2.35. The molecule has 0 aliphatic carbocycles. The maximum atomic E-state index is 13.1. The number of nitrogens with zero attached hydrogens (tertiary/aromatic N) is 3. The minimum Gasteiger partial charge on any atom is -0.335 e. The second-order valence-corrected chi connectivity index (χ2v) is 6.84. The van der Waals surface area contributed by atoms with Crippen molar-refractivity contribution in [1.29, 1.82) is 0 Å². The van der Waals surface area contributed by atoms with Crippen LogP contribution in [-0.2, 0) is 11.0 Å². The van der Waals surface area contributed by atoms with Crippen LogP contribution in [-0.4, -0.2) is 33.9 Å². The number of benzene rings is 2. The molecule has 1 fully saturated rings. The van der Waals surface area contributed by atoms with Gasteiger partial charge in [-0.2, -0.15) is 13.2 Å². The molecule has 29 heavy (non-hydrogen) atoms. The van der Waals surface area contributed by atoms with E-state index in [4.69, 9.17) is 0 Å². The maximum absolute atomic E-state index is 13.1. The van der Waals surface area contributed by atoms with Crippen LogP contribution in [0.5, 0.6) is 0 Å². The zero-order valence-electron chi connectivity index (χ0n) is 15.1. The highest BCUT2D eigenvalue weighted by Crippen LogP contribution is 2.34. The first kappa shape index (κ1) is 19.0. The van der Waals surface area contributed by atoms with Crippen LogP contribution < -0.4 is 0 Å². The zero-order valence-corrected chi connectivity index (χ0v) is 15.1. The van der Waals surface area contributed by atoms with Crippen molar-refractivity contribution in [3.8, 4) is 11.4 Å². The lowest BCUT2D eigenvalue weighted by Gasteiger charge is -2.38. The summed E-state index contributed by atoms with van der Waals surface area (Å²) >= 11 is 0. The molecule has 0 bridgehead atoms. The number of halogens is 4. The third-order valence-electron chi connectivity index (χ3n) is 4.89. The van der Waals surface area contributed by atoms with Crippen LogP contribution in [0.25, 0.3) is 22.3 Å². The van der Waals surface area contributed by atoms with E-state index in [9.17, 15) is 22.4 Å². The second kappa shape index (κ2) is 6.95. The van der Waals surface area contributed by atoms with Crippen molar-refractivity contribution in [2.45, 2.75) is 12.1 Å². The Bertz CT molecular complexity index is 1100. The highest BCUT2D eigenvalue weighted by atomic mass is 19.4. The molecule has 148 valence electrons. The molecule has 1 aliphatic rings. The molecule has 2 aromatic carbocycles. The van der Waals surface area contributed by atoms with E-state index in [0.29, 0.717) is 22.6 Å². The lowest BCUT2D eigenvalue weighted by atomic mass is 9.92. The van der Waals surface area contributed by atoms with Crippen molar-refractivity contribution in [3.05, 3.63) is 72.2 Å². The predicted octanol–water partition coefficient (Wildman–Crippen LogP) is 4.72. The minimum atomic E-state index is -4.42. The van der Waals surface area contributed by atoms with Gasteiger partial charge in [-0.3, -0.25) is 4.79 Å². The van der Waals surface area contributed by atoms with E-state index in [1.165, 1.54) is 17.0 Å². The number of amides is 1. The molecular weight excluding hydrogens is 386 g/mol. The third kappa shape index (κ3) is 3.57. The molecule has 2 heterocycles. The van der Waals surface area contributed by atoms with Gasteiger partial charge in [0.1, 0.15) is 0 Å². The summed E-state index contributed by atoms with van der Waals surface area (Å²) in [6, 6.07) is 11.9.